The maximum Gasteiger partial charge on any atom is 0.273 e. The van der Waals surface area contributed by atoms with Crippen LogP contribution in [0.4, 0.5) is 15.9 Å². The van der Waals surface area contributed by atoms with E-state index in [-0.39, 0.29) is 33.5 Å². The number of nitrogens with zero attached hydrogens (tertiary/aromatic N) is 3. The molecule has 162 valence electrons. The fourth-order valence-electron chi connectivity index (χ4n) is 2.99. The van der Waals surface area contributed by atoms with Gasteiger partial charge in [0.05, 0.1) is 34.3 Å². The van der Waals surface area contributed by atoms with Crippen LogP contribution in [0.1, 0.15) is 21.5 Å². The summed E-state index contributed by atoms with van der Waals surface area (Å²) in [7, 11) is 1.78. The Labute approximate surface area is 187 Å². The zero-order valence-corrected chi connectivity index (χ0v) is 18.0. The number of benzene rings is 1. The number of carbonyl (C=O) groups is 1. The minimum Gasteiger partial charge on any atom is -0.383 e. The fraction of sp³-hybridized carbons (Fsp3) is 0.200. The monoisotopic (exact) mass is 464 g/mol. The molecule has 8 nitrogen and oxygen atoms in total. The third-order valence-corrected chi connectivity index (χ3v) is 4.94. The van der Waals surface area contributed by atoms with Gasteiger partial charge in [0.1, 0.15) is 17.7 Å². The Morgan fingerprint density at radius 1 is 1.19 bits per heavy atom. The molecule has 0 saturated heterocycles. The lowest BCUT2D eigenvalue weighted by molar-refractivity contribution is 0.102. The predicted molar refractivity (Wildman–Crippen MR) is 119 cm³/mol. The van der Waals surface area contributed by atoms with E-state index in [1.54, 1.807) is 19.3 Å². The van der Waals surface area contributed by atoms with Gasteiger partial charge in [0.25, 0.3) is 11.5 Å². The minimum absolute atomic E-state index is 0.111. The highest BCUT2D eigenvalue weighted by Gasteiger charge is 2.21. The predicted octanol–water partition coefficient (Wildman–Crippen LogP) is 3.00. The third-order valence-electron chi connectivity index (χ3n) is 4.36. The van der Waals surface area contributed by atoms with E-state index in [9.17, 15) is 14.0 Å². The number of aromatic nitrogens is 3. The van der Waals surface area contributed by atoms with Crippen molar-refractivity contribution in [3.05, 3.63) is 74.0 Å². The van der Waals surface area contributed by atoms with Crippen molar-refractivity contribution in [1.82, 2.24) is 19.9 Å². The fourth-order valence-corrected chi connectivity index (χ4v) is 3.71. The molecule has 0 spiro atoms. The molecule has 0 aliphatic rings. The first kappa shape index (κ1) is 22.7. The van der Waals surface area contributed by atoms with Gasteiger partial charge in [-0.15, -0.1) is 0 Å². The first-order chi connectivity index (χ1) is 14.8. The largest absolute Gasteiger partial charge is 0.383 e. The summed E-state index contributed by atoms with van der Waals surface area (Å²) in [6.07, 6.45) is 4.35. The van der Waals surface area contributed by atoms with Gasteiger partial charge in [0.15, 0.2) is 0 Å². The first-order valence-electron chi connectivity index (χ1n) is 9.17. The second-order valence-electron chi connectivity index (χ2n) is 6.59. The molecule has 4 N–H and O–H groups in total. The Bertz CT molecular complexity index is 1160. The van der Waals surface area contributed by atoms with Crippen LogP contribution in [0.15, 0.2) is 41.7 Å². The van der Waals surface area contributed by atoms with Crippen molar-refractivity contribution in [2.75, 3.05) is 24.8 Å². The molecule has 0 unspecified atom stereocenters. The van der Waals surface area contributed by atoms with Gasteiger partial charge < -0.3 is 16.4 Å². The topological polar surface area (TPSA) is 115 Å². The molecule has 11 heteroatoms. The molecule has 2 heterocycles. The highest BCUT2D eigenvalue weighted by Crippen LogP contribution is 2.30. The molecule has 0 bridgehead atoms. The maximum absolute atomic E-state index is 13.1. The van der Waals surface area contributed by atoms with Gasteiger partial charge in [-0.05, 0) is 36.4 Å². The number of nitrogens with two attached hydrogens (primary N) is 1. The molecular weight excluding hydrogens is 446 g/mol. The number of amides is 1. The van der Waals surface area contributed by atoms with Crippen LogP contribution in [0.5, 0.6) is 0 Å². The minimum atomic E-state index is -0.758. The van der Waals surface area contributed by atoms with Crippen LogP contribution in [0.3, 0.4) is 0 Å². The number of alkyl halides is 1. The quantitative estimate of drug-likeness (QED) is 0.494. The van der Waals surface area contributed by atoms with Crippen molar-refractivity contribution in [2.24, 2.45) is 0 Å². The van der Waals surface area contributed by atoms with Crippen LogP contribution >= 0.6 is 23.2 Å². The van der Waals surface area contributed by atoms with Gasteiger partial charge >= 0.3 is 0 Å². The highest BCUT2D eigenvalue weighted by atomic mass is 35.5. The highest BCUT2D eigenvalue weighted by molar-refractivity contribution is 6.37. The summed E-state index contributed by atoms with van der Waals surface area (Å²) in [6, 6.07) is 4.72. The van der Waals surface area contributed by atoms with Gasteiger partial charge in [0.2, 0.25) is 0 Å². The summed E-state index contributed by atoms with van der Waals surface area (Å²) >= 11 is 12.6. The number of carbonyl (C=O) groups excluding carboxylic acids is 1. The van der Waals surface area contributed by atoms with E-state index >= 15 is 0 Å². The second kappa shape index (κ2) is 9.86. The lowest BCUT2D eigenvalue weighted by Crippen LogP contribution is -2.31. The van der Waals surface area contributed by atoms with Gasteiger partial charge in [0, 0.05) is 19.2 Å². The van der Waals surface area contributed by atoms with E-state index < -0.39 is 18.1 Å². The van der Waals surface area contributed by atoms with E-state index in [1.165, 1.54) is 18.3 Å². The van der Waals surface area contributed by atoms with Crippen molar-refractivity contribution >= 4 is 40.6 Å². The average molecular weight is 465 g/mol. The zero-order chi connectivity index (χ0) is 22.5. The summed E-state index contributed by atoms with van der Waals surface area (Å²) in [5.74, 6) is -1.01. The Kier molecular flexibility index (Phi) is 7.21. The molecule has 3 rings (SSSR count). The molecule has 2 aromatic heterocycles. The number of nitrogen functional groups attached to an aromatic ring is 1. The van der Waals surface area contributed by atoms with Crippen LogP contribution in [-0.4, -0.2) is 34.2 Å². The van der Waals surface area contributed by atoms with E-state index in [2.05, 4.69) is 20.6 Å². The van der Waals surface area contributed by atoms with Crippen LogP contribution in [-0.2, 0) is 13.0 Å². The summed E-state index contributed by atoms with van der Waals surface area (Å²) in [5, 5.41) is 5.81. The van der Waals surface area contributed by atoms with Crippen LogP contribution in [0.2, 0.25) is 10.0 Å². The normalized spacial score (nSPS) is 10.8. The Balaban J connectivity index is 2.01. The van der Waals surface area contributed by atoms with Gasteiger partial charge in [-0.25, -0.2) is 4.98 Å². The van der Waals surface area contributed by atoms with Crippen molar-refractivity contribution in [3.63, 3.8) is 0 Å². The van der Waals surface area contributed by atoms with Crippen molar-refractivity contribution < 1.29 is 9.18 Å². The van der Waals surface area contributed by atoms with E-state index in [1.807, 2.05) is 0 Å². The second-order valence-corrected chi connectivity index (χ2v) is 7.41. The SMILES string of the molecule is CNCc1cncc(NC(=O)c2c(N)ncn(-c3c(Cl)cc(CCF)cc3Cl)c2=O)c1. The van der Waals surface area contributed by atoms with Crippen molar-refractivity contribution in [3.8, 4) is 5.69 Å². The number of anilines is 2. The van der Waals surface area contributed by atoms with Crippen molar-refractivity contribution in [2.45, 2.75) is 13.0 Å². The number of pyridine rings is 1. The molecule has 0 saturated carbocycles. The summed E-state index contributed by atoms with van der Waals surface area (Å²) in [4.78, 5) is 33.9. The number of aryl methyl sites for hydroxylation is 1. The standard InChI is InChI=1S/C20H19Cl2FN6O2/c1-25-7-12-4-13(9-26-8-12)28-19(30)16-18(24)27-10-29(20(16)31)17-14(21)5-11(2-3-23)6-15(17)22/h4-6,8-10,25H,2-3,7,24H2,1H3,(H,28,30). The van der Waals surface area contributed by atoms with Gasteiger partial charge in [-0.1, -0.05) is 23.2 Å². The Morgan fingerprint density at radius 3 is 2.55 bits per heavy atom. The molecular formula is C20H19Cl2FN6O2. The lowest BCUT2D eigenvalue weighted by atomic mass is 10.1. The number of hydrogen-bond donors (Lipinski definition) is 3. The van der Waals surface area contributed by atoms with Crippen LogP contribution < -0.4 is 21.9 Å². The number of rotatable bonds is 7. The summed E-state index contributed by atoms with van der Waals surface area (Å²) in [5.41, 5.74) is 6.61. The molecule has 0 aliphatic carbocycles. The van der Waals surface area contributed by atoms with Gasteiger partial charge in [-0.2, -0.15) is 0 Å². The summed E-state index contributed by atoms with van der Waals surface area (Å²) in [6.45, 7) is -0.0297. The smallest absolute Gasteiger partial charge is 0.273 e. The molecule has 0 aliphatic heterocycles. The number of hydrogen-bond acceptors (Lipinski definition) is 6. The van der Waals surface area contributed by atoms with Crippen LogP contribution in [0.25, 0.3) is 5.69 Å². The number of halogens is 3. The third kappa shape index (κ3) is 5.01. The maximum atomic E-state index is 13.1. The first-order valence-corrected chi connectivity index (χ1v) is 9.92. The van der Waals surface area contributed by atoms with Crippen molar-refractivity contribution in [1.29, 1.82) is 0 Å². The Morgan fingerprint density at radius 2 is 1.90 bits per heavy atom. The van der Waals surface area contributed by atoms with E-state index in [4.69, 9.17) is 28.9 Å². The van der Waals surface area contributed by atoms with Crippen LogP contribution in [0, 0.1) is 0 Å². The molecule has 0 atom stereocenters. The molecule has 31 heavy (non-hydrogen) atoms. The zero-order valence-electron chi connectivity index (χ0n) is 16.5. The Hall–Kier alpha value is -3.01. The molecule has 3 aromatic rings. The number of nitrogens with one attached hydrogen (secondary N) is 2. The molecule has 0 radical (unpaired) electrons. The molecule has 1 aromatic carbocycles. The summed E-state index contributed by atoms with van der Waals surface area (Å²) < 4.78 is 13.7. The average Bonchev–Trinajstić information content (AvgIpc) is 2.70. The molecule has 1 amide bonds. The van der Waals surface area contributed by atoms with Gasteiger partial charge in [-0.3, -0.25) is 23.5 Å². The molecule has 0 fully saturated rings. The lowest BCUT2D eigenvalue weighted by Gasteiger charge is -2.14. The van der Waals surface area contributed by atoms with E-state index in [0.717, 1.165) is 16.5 Å². The van der Waals surface area contributed by atoms with E-state index in [0.29, 0.717) is 17.8 Å².